The van der Waals surface area contributed by atoms with Crippen LogP contribution in [0.3, 0.4) is 0 Å². The van der Waals surface area contributed by atoms with E-state index in [-0.39, 0.29) is 23.4 Å². The largest absolute Gasteiger partial charge is 0.466 e. The van der Waals surface area contributed by atoms with E-state index in [2.05, 4.69) is 22.3 Å². The molecule has 0 bridgehead atoms. The summed E-state index contributed by atoms with van der Waals surface area (Å²) < 4.78 is 10.7. The van der Waals surface area contributed by atoms with E-state index in [9.17, 15) is 19.7 Å². The molecule has 2 aromatic rings. The van der Waals surface area contributed by atoms with Gasteiger partial charge in [-0.3, -0.25) is 15.0 Å². The number of nitro benzene ring substituents is 1. The number of rotatable bonds is 7. The molecule has 4 rings (SSSR count). The van der Waals surface area contributed by atoms with Crippen molar-refractivity contribution in [3.63, 3.8) is 0 Å². The lowest BCUT2D eigenvalue weighted by Gasteiger charge is -2.31. The first-order chi connectivity index (χ1) is 17.3. The molecule has 0 fully saturated rings. The van der Waals surface area contributed by atoms with Gasteiger partial charge in [0.2, 0.25) is 0 Å². The molecule has 36 heavy (non-hydrogen) atoms. The van der Waals surface area contributed by atoms with Crippen LogP contribution in [0.25, 0.3) is 0 Å². The lowest BCUT2D eigenvalue weighted by Crippen LogP contribution is -2.35. The molecule has 0 aromatic heterocycles. The van der Waals surface area contributed by atoms with Crippen LogP contribution in [0.2, 0.25) is 0 Å². The molecule has 0 radical (unpaired) electrons. The molecule has 1 unspecified atom stereocenters. The molecule has 2 aliphatic rings. The highest BCUT2D eigenvalue weighted by Gasteiger charge is 2.38. The summed E-state index contributed by atoms with van der Waals surface area (Å²) in [6.07, 6.45) is 0.944. The fraction of sp³-hybridized carbons (Fsp3) is 0.333. The molecule has 1 atom stereocenters. The molecular weight excluding hydrogens is 462 g/mol. The van der Waals surface area contributed by atoms with Crippen molar-refractivity contribution in [1.82, 2.24) is 10.2 Å². The van der Waals surface area contributed by atoms with E-state index in [4.69, 9.17) is 9.47 Å². The summed E-state index contributed by atoms with van der Waals surface area (Å²) in [5.74, 6) is -2.07. The SMILES string of the molecule is COC(=O)C1=C(C)NC(C)=C(C(=O)OCCN2CCc3ccccc3C2)C1c1cccc([N+](=O)[O-])c1. The molecule has 188 valence electrons. The molecule has 0 aliphatic carbocycles. The number of esters is 2. The predicted molar refractivity (Wildman–Crippen MR) is 133 cm³/mol. The first-order valence-corrected chi connectivity index (χ1v) is 11.8. The molecule has 2 heterocycles. The third-order valence-electron chi connectivity index (χ3n) is 6.65. The van der Waals surface area contributed by atoms with Crippen LogP contribution < -0.4 is 5.32 Å². The maximum Gasteiger partial charge on any atom is 0.336 e. The number of allylic oxidation sites excluding steroid dienone is 2. The minimum absolute atomic E-state index is 0.136. The Hall–Kier alpha value is -3.98. The summed E-state index contributed by atoms with van der Waals surface area (Å²) in [5, 5.41) is 14.5. The quantitative estimate of drug-likeness (QED) is 0.355. The van der Waals surface area contributed by atoms with Crippen LogP contribution in [0.1, 0.15) is 36.5 Å². The number of fused-ring (bicyclic) bond motifs is 1. The Bertz CT molecular complexity index is 1270. The number of benzene rings is 2. The lowest BCUT2D eigenvalue weighted by molar-refractivity contribution is -0.384. The molecule has 0 saturated carbocycles. The zero-order chi connectivity index (χ0) is 25.8. The first kappa shape index (κ1) is 25.1. The van der Waals surface area contributed by atoms with Crippen LogP contribution in [0.5, 0.6) is 0 Å². The Morgan fingerprint density at radius 3 is 2.44 bits per heavy atom. The van der Waals surface area contributed by atoms with Crippen LogP contribution in [0.4, 0.5) is 5.69 Å². The fourth-order valence-corrected chi connectivity index (χ4v) is 4.89. The van der Waals surface area contributed by atoms with Gasteiger partial charge >= 0.3 is 11.9 Å². The second-order valence-corrected chi connectivity index (χ2v) is 8.91. The Morgan fingerprint density at radius 1 is 1.06 bits per heavy atom. The van der Waals surface area contributed by atoms with Gasteiger partial charge in [0, 0.05) is 43.2 Å². The molecular formula is C27H29N3O6. The number of dihydropyridines is 1. The van der Waals surface area contributed by atoms with E-state index in [1.54, 1.807) is 19.9 Å². The van der Waals surface area contributed by atoms with Crippen LogP contribution >= 0.6 is 0 Å². The van der Waals surface area contributed by atoms with Gasteiger partial charge in [-0.1, -0.05) is 36.4 Å². The second-order valence-electron chi connectivity index (χ2n) is 8.91. The fourth-order valence-electron chi connectivity index (χ4n) is 4.89. The third kappa shape index (κ3) is 5.16. The number of ether oxygens (including phenoxy) is 2. The van der Waals surface area contributed by atoms with Crippen LogP contribution in [-0.4, -0.2) is 48.6 Å². The minimum Gasteiger partial charge on any atom is -0.466 e. The number of non-ortho nitro benzene ring substituents is 1. The molecule has 1 N–H and O–H groups in total. The maximum atomic E-state index is 13.4. The van der Waals surface area contributed by atoms with E-state index >= 15 is 0 Å². The van der Waals surface area contributed by atoms with Crippen molar-refractivity contribution < 1.29 is 24.0 Å². The third-order valence-corrected chi connectivity index (χ3v) is 6.65. The molecule has 0 amide bonds. The van der Waals surface area contributed by atoms with Crippen molar-refractivity contribution in [2.24, 2.45) is 0 Å². The first-order valence-electron chi connectivity index (χ1n) is 11.8. The van der Waals surface area contributed by atoms with E-state index in [1.807, 2.05) is 12.1 Å². The Morgan fingerprint density at radius 2 is 1.75 bits per heavy atom. The van der Waals surface area contributed by atoms with E-state index in [1.165, 1.54) is 36.4 Å². The summed E-state index contributed by atoms with van der Waals surface area (Å²) in [6, 6.07) is 14.2. The summed E-state index contributed by atoms with van der Waals surface area (Å²) in [6.45, 7) is 5.84. The van der Waals surface area contributed by atoms with Crippen LogP contribution in [0.15, 0.2) is 71.1 Å². The summed E-state index contributed by atoms with van der Waals surface area (Å²) >= 11 is 0. The summed E-state index contributed by atoms with van der Waals surface area (Å²) in [5.41, 5.74) is 4.39. The number of nitrogens with zero attached hydrogens (tertiary/aromatic N) is 2. The maximum absolute atomic E-state index is 13.4. The van der Waals surface area contributed by atoms with Crippen molar-refractivity contribution in [1.29, 1.82) is 0 Å². The van der Waals surface area contributed by atoms with Gasteiger partial charge in [-0.2, -0.15) is 0 Å². The number of methoxy groups -OCH3 is 1. The monoisotopic (exact) mass is 491 g/mol. The Labute approximate surface area is 209 Å². The zero-order valence-electron chi connectivity index (χ0n) is 20.6. The molecule has 2 aliphatic heterocycles. The smallest absolute Gasteiger partial charge is 0.336 e. The molecule has 9 heteroatoms. The van der Waals surface area contributed by atoms with Crippen molar-refractivity contribution in [2.75, 3.05) is 26.8 Å². The second kappa shape index (κ2) is 10.7. The molecule has 0 saturated heterocycles. The number of hydrogen-bond donors (Lipinski definition) is 1. The summed E-state index contributed by atoms with van der Waals surface area (Å²) in [7, 11) is 1.26. The molecule has 9 nitrogen and oxygen atoms in total. The Kier molecular flexibility index (Phi) is 7.49. The van der Waals surface area contributed by atoms with E-state index in [0.717, 1.165) is 19.5 Å². The number of carbonyl (C=O) groups excluding carboxylic acids is 2. The van der Waals surface area contributed by atoms with Crippen molar-refractivity contribution in [3.8, 4) is 0 Å². The normalized spacial score (nSPS) is 17.8. The predicted octanol–water partition coefficient (Wildman–Crippen LogP) is 3.60. The topological polar surface area (TPSA) is 111 Å². The highest BCUT2D eigenvalue weighted by molar-refractivity contribution is 5.99. The lowest BCUT2D eigenvalue weighted by atomic mass is 9.80. The van der Waals surface area contributed by atoms with Gasteiger partial charge in [0.25, 0.3) is 5.69 Å². The van der Waals surface area contributed by atoms with E-state index in [0.29, 0.717) is 23.5 Å². The van der Waals surface area contributed by atoms with E-state index < -0.39 is 22.8 Å². The van der Waals surface area contributed by atoms with Gasteiger partial charge in [-0.15, -0.1) is 0 Å². The van der Waals surface area contributed by atoms with Gasteiger partial charge in [0.1, 0.15) is 6.61 Å². The number of carbonyl (C=O) groups is 2. The van der Waals surface area contributed by atoms with Crippen LogP contribution in [0, 0.1) is 10.1 Å². The average Bonchev–Trinajstić information content (AvgIpc) is 2.87. The summed E-state index contributed by atoms with van der Waals surface area (Å²) in [4.78, 5) is 39.2. The number of nitrogens with one attached hydrogen (secondary N) is 1. The van der Waals surface area contributed by atoms with Crippen molar-refractivity contribution in [2.45, 2.75) is 32.7 Å². The number of nitro groups is 1. The van der Waals surface area contributed by atoms with Gasteiger partial charge < -0.3 is 14.8 Å². The molecule has 2 aromatic carbocycles. The van der Waals surface area contributed by atoms with Gasteiger partial charge in [0.15, 0.2) is 0 Å². The Balaban J connectivity index is 1.55. The highest BCUT2D eigenvalue weighted by atomic mass is 16.6. The zero-order valence-corrected chi connectivity index (χ0v) is 20.6. The minimum atomic E-state index is -0.868. The molecule has 0 spiro atoms. The average molecular weight is 492 g/mol. The van der Waals surface area contributed by atoms with Gasteiger partial charge in [0.05, 0.1) is 29.1 Å². The highest BCUT2D eigenvalue weighted by Crippen LogP contribution is 2.40. The van der Waals surface area contributed by atoms with Crippen molar-refractivity contribution >= 4 is 17.6 Å². The van der Waals surface area contributed by atoms with Crippen molar-refractivity contribution in [3.05, 3.63) is 97.9 Å². The van der Waals surface area contributed by atoms with Gasteiger partial charge in [-0.05, 0) is 37.0 Å². The van der Waals surface area contributed by atoms with Gasteiger partial charge in [-0.25, -0.2) is 9.59 Å². The van der Waals surface area contributed by atoms with Crippen LogP contribution in [-0.2, 0) is 32.0 Å². The standard InChI is InChI=1S/C27H29N3O6/c1-17-23(26(31)35-3)25(20-9-6-10-22(15-20)30(33)34)24(18(2)28-17)27(32)36-14-13-29-12-11-19-7-4-5-8-21(19)16-29/h4-10,15,25,28H,11-14,16H2,1-3H3. The number of hydrogen-bond acceptors (Lipinski definition) is 8.